The molecule has 3 heteroatoms. The summed E-state index contributed by atoms with van der Waals surface area (Å²) in [5.74, 6) is 0.299. The van der Waals surface area contributed by atoms with Crippen LogP contribution < -0.4 is 5.73 Å². The molecule has 3 N–H and O–H groups in total. The topological polar surface area (TPSA) is 46.2 Å². The van der Waals surface area contributed by atoms with Gasteiger partial charge in [-0.25, -0.2) is 0 Å². The minimum absolute atomic E-state index is 0.0289. The van der Waals surface area contributed by atoms with Crippen molar-refractivity contribution in [3.8, 4) is 5.75 Å². The number of rotatable bonds is 2. The Hall–Kier alpha value is -0.540. The van der Waals surface area contributed by atoms with Crippen molar-refractivity contribution in [1.29, 1.82) is 0 Å². The van der Waals surface area contributed by atoms with Gasteiger partial charge in [0.05, 0.1) is 4.47 Å². The fraction of sp³-hybridized carbons (Fsp3) is 0.455. The van der Waals surface area contributed by atoms with Crippen LogP contribution in [-0.2, 0) is 6.42 Å². The highest BCUT2D eigenvalue weighted by Crippen LogP contribution is 2.38. The Morgan fingerprint density at radius 2 is 2.14 bits per heavy atom. The minimum atomic E-state index is 0.0289. The second kappa shape index (κ2) is 3.24. The van der Waals surface area contributed by atoms with Crippen molar-refractivity contribution >= 4 is 15.9 Å². The third-order valence-electron chi connectivity index (χ3n) is 2.84. The monoisotopic (exact) mass is 255 g/mol. The molecule has 0 heterocycles. The van der Waals surface area contributed by atoms with E-state index in [1.165, 1.54) is 5.56 Å². The van der Waals surface area contributed by atoms with Gasteiger partial charge in [-0.1, -0.05) is 0 Å². The molecule has 0 saturated heterocycles. The maximum absolute atomic E-state index is 9.46. The normalized spacial score (nSPS) is 18.2. The van der Waals surface area contributed by atoms with Gasteiger partial charge in [-0.15, -0.1) is 0 Å². The molecular formula is C11H14BrNO. The van der Waals surface area contributed by atoms with E-state index in [0.717, 1.165) is 29.3 Å². The van der Waals surface area contributed by atoms with Crippen LogP contribution in [-0.4, -0.2) is 10.6 Å². The van der Waals surface area contributed by atoms with E-state index in [0.29, 0.717) is 5.75 Å². The maximum atomic E-state index is 9.46. The summed E-state index contributed by atoms with van der Waals surface area (Å²) in [5.41, 5.74) is 8.43. The zero-order chi connectivity index (χ0) is 10.3. The molecule has 0 unspecified atom stereocenters. The SMILES string of the molecule is Cc1cc(O)c(Br)cc1CC1(N)CC1. The molecule has 1 saturated carbocycles. The molecule has 1 aromatic rings. The molecule has 14 heavy (non-hydrogen) atoms. The highest BCUT2D eigenvalue weighted by Gasteiger charge is 2.38. The molecule has 0 aromatic heterocycles. The molecule has 1 aromatic carbocycles. The van der Waals surface area contributed by atoms with Crippen LogP contribution in [0.2, 0.25) is 0 Å². The van der Waals surface area contributed by atoms with Crippen LogP contribution in [0.25, 0.3) is 0 Å². The molecule has 1 fully saturated rings. The zero-order valence-corrected chi connectivity index (χ0v) is 9.76. The van der Waals surface area contributed by atoms with Gasteiger partial charge in [0.2, 0.25) is 0 Å². The quantitative estimate of drug-likeness (QED) is 0.853. The molecule has 1 aliphatic carbocycles. The third-order valence-corrected chi connectivity index (χ3v) is 3.48. The van der Waals surface area contributed by atoms with Crippen LogP contribution in [0.5, 0.6) is 5.75 Å². The Morgan fingerprint density at radius 1 is 1.50 bits per heavy atom. The van der Waals surface area contributed by atoms with E-state index < -0.39 is 0 Å². The summed E-state index contributed by atoms with van der Waals surface area (Å²) in [7, 11) is 0. The highest BCUT2D eigenvalue weighted by atomic mass is 79.9. The zero-order valence-electron chi connectivity index (χ0n) is 8.18. The van der Waals surface area contributed by atoms with Crippen molar-refractivity contribution < 1.29 is 5.11 Å². The molecule has 0 spiro atoms. The van der Waals surface area contributed by atoms with Crippen LogP contribution in [0.3, 0.4) is 0 Å². The Morgan fingerprint density at radius 3 is 2.71 bits per heavy atom. The van der Waals surface area contributed by atoms with Crippen molar-refractivity contribution in [2.24, 2.45) is 5.73 Å². The number of aromatic hydroxyl groups is 1. The fourth-order valence-corrected chi connectivity index (χ4v) is 2.01. The lowest BCUT2D eigenvalue weighted by molar-refractivity contribution is 0.471. The van der Waals surface area contributed by atoms with E-state index >= 15 is 0 Å². The molecule has 0 atom stereocenters. The lowest BCUT2D eigenvalue weighted by atomic mass is 10.00. The van der Waals surface area contributed by atoms with Crippen LogP contribution in [0.4, 0.5) is 0 Å². The van der Waals surface area contributed by atoms with Crippen LogP contribution in [0.1, 0.15) is 24.0 Å². The smallest absolute Gasteiger partial charge is 0.130 e. The van der Waals surface area contributed by atoms with E-state index in [4.69, 9.17) is 5.73 Å². The summed E-state index contributed by atoms with van der Waals surface area (Å²) in [6, 6.07) is 3.75. The maximum Gasteiger partial charge on any atom is 0.130 e. The molecule has 1 aliphatic rings. The fourth-order valence-electron chi connectivity index (χ4n) is 1.61. The Labute approximate surface area is 92.3 Å². The lowest BCUT2D eigenvalue weighted by Gasteiger charge is -2.12. The van der Waals surface area contributed by atoms with E-state index in [-0.39, 0.29) is 5.54 Å². The Bertz CT molecular complexity index is 372. The van der Waals surface area contributed by atoms with E-state index in [2.05, 4.69) is 15.9 Å². The van der Waals surface area contributed by atoms with E-state index in [1.807, 2.05) is 13.0 Å². The highest BCUT2D eigenvalue weighted by molar-refractivity contribution is 9.10. The Kier molecular flexibility index (Phi) is 2.32. The van der Waals surface area contributed by atoms with E-state index in [1.54, 1.807) is 6.07 Å². The molecule has 76 valence electrons. The van der Waals surface area contributed by atoms with Gasteiger partial charge in [-0.05, 0) is 65.4 Å². The first-order valence-corrected chi connectivity index (χ1v) is 5.56. The number of hydrogen-bond acceptors (Lipinski definition) is 2. The summed E-state index contributed by atoms with van der Waals surface area (Å²) in [5, 5.41) is 9.46. The van der Waals surface area contributed by atoms with Gasteiger partial charge in [0, 0.05) is 5.54 Å². The minimum Gasteiger partial charge on any atom is -0.507 e. The summed E-state index contributed by atoms with van der Waals surface area (Å²) in [6.45, 7) is 2.01. The Balaban J connectivity index is 2.29. The van der Waals surface area contributed by atoms with Crippen molar-refractivity contribution in [1.82, 2.24) is 0 Å². The third kappa shape index (κ3) is 1.93. The molecule has 2 nitrogen and oxygen atoms in total. The van der Waals surface area contributed by atoms with Crippen molar-refractivity contribution in [3.63, 3.8) is 0 Å². The van der Waals surface area contributed by atoms with Gasteiger partial charge >= 0.3 is 0 Å². The first kappa shape index (κ1) is 9.99. The number of benzene rings is 1. The van der Waals surface area contributed by atoms with Crippen LogP contribution in [0, 0.1) is 6.92 Å². The van der Waals surface area contributed by atoms with Crippen molar-refractivity contribution in [2.75, 3.05) is 0 Å². The number of aryl methyl sites for hydroxylation is 1. The summed E-state index contributed by atoms with van der Waals surface area (Å²) in [6.07, 6.45) is 3.15. The van der Waals surface area contributed by atoms with Gasteiger partial charge in [0.1, 0.15) is 5.75 Å². The molecule has 0 aliphatic heterocycles. The largest absolute Gasteiger partial charge is 0.507 e. The average molecular weight is 256 g/mol. The predicted octanol–water partition coefficient (Wildman–Crippen LogP) is 2.50. The molecular weight excluding hydrogens is 242 g/mol. The average Bonchev–Trinajstić information content (AvgIpc) is 2.80. The number of halogens is 1. The van der Waals surface area contributed by atoms with Crippen molar-refractivity contribution in [3.05, 3.63) is 27.7 Å². The molecule has 0 radical (unpaired) electrons. The van der Waals surface area contributed by atoms with Crippen LogP contribution >= 0.6 is 15.9 Å². The van der Waals surface area contributed by atoms with Crippen LogP contribution in [0.15, 0.2) is 16.6 Å². The second-order valence-corrected chi connectivity index (χ2v) is 5.12. The summed E-state index contributed by atoms with van der Waals surface area (Å²) < 4.78 is 0.752. The molecule has 2 rings (SSSR count). The van der Waals surface area contributed by atoms with Gasteiger partial charge in [0.25, 0.3) is 0 Å². The first-order chi connectivity index (χ1) is 6.50. The number of nitrogens with two attached hydrogens (primary N) is 1. The van der Waals surface area contributed by atoms with Gasteiger partial charge in [0.15, 0.2) is 0 Å². The lowest BCUT2D eigenvalue weighted by Crippen LogP contribution is -2.24. The van der Waals surface area contributed by atoms with Gasteiger partial charge in [-0.2, -0.15) is 0 Å². The predicted molar refractivity (Wildman–Crippen MR) is 60.4 cm³/mol. The molecule has 0 bridgehead atoms. The first-order valence-electron chi connectivity index (χ1n) is 4.77. The second-order valence-electron chi connectivity index (χ2n) is 4.27. The van der Waals surface area contributed by atoms with Gasteiger partial charge in [-0.3, -0.25) is 0 Å². The summed E-state index contributed by atoms with van der Waals surface area (Å²) >= 11 is 3.32. The number of phenols is 1. The summed E-state index contributed by atoms with van der Waals surface area (Å²) in [4.78, 5) is 0. The number of hydrogen-bond donors (Lipinski definition) is 2. The standard InChI is InChI=1S/C11H14BrNO/c1-7-4-10(14)9(12)5-8(7)6-11(13)2-3-11/h4-5,14H,2-3,6,13H2,1H3. The number of phenolic OH excluding ortho intramolecular Hbond substituents is 1. The van der Waals surface area contributed by atoms with Crippen molar-refractivity contribution in [2.45, 2.75) is 31.7 Å². The molecule has 0 amide bonds. The van der Waals surface area contributed by atoms with E-state index in [9.17, 15) is 5.11 Å². The van der Waals surface area contributed by atoms with Gasteiger partial charge < -0.3 is 10.8 Å².